The number of nitrogens with two attached hydrogens (primary N) is 1. The van der Waals surface area contributed by atoms with E-state index in [4.69, 9.17) is 10.5 Å². The van der Waals surface area contributed by atoms with Crippen LogP contribution in [0.4, 0.5) is 0 Å². The molecule has 0 bridgehead atoms. The molecule has 0 saturated carbocycles. The number of ether oxygens (including phenoxy) is 1. The zero-order chi connectivity index (χ0) is 15.5. The lowest BCUT2D eigenvalue weighted by Gasteiger charge is -2.43. The largest absolute Gasteiger partial charge is 0.394 e. The van der Waals surface area contributed by atoms with Gasteiger partial charge < -0.3 is 15.6 Å². The van der Waals surface area contributed by atoms with Crippen LogP contribution in [0.1, 0.15) is 32.8 Å². The Morgan fingerprint density at radius 3 is 2.62 bits per heavy atom. The fourth-order valence-corrected chi connectivity index (χ4v) is 3.20. The van der Waals surface area contributed by atoms with Gasteiger partial charge in [-0.1, -0.05) is 30.3 Å². The molecule has 1 aliphatic heterocycles. The highest BCUT2D eigenvalue weighted by Crippen LogP contribution is 2.25. The molecular weight excluding hydrogens is 264 g/mol. The minimum Gasteiger partial charge on any atom is -0.394 e. The standard InChI is InChI=1S/C17H28N2O2/c1-14-11-19(12-16(2,3)21-14)10-9-17(18,13-20)15-7-5-4-6-8-15/h4-8,14,20H,9-13,18H2,1-3H3. The summed E-state index contributed by atoms with van der Waals surface area (Å²) in [6.07, 6.45) is 0.961. The number of rotatable bonds is 5. The lowest BCUT2D eigenvalue weighted by atomic mass is 9.88. The maximum atomic E-state index is 9.75. The van der Waals surface area contributed by atoms with Crippen LogP contribution in [0, 0.1) is 0 Å². The van der Waals surface area contributed by atoms with Crippen LogP contribution >= 0.6 is 0 Å². The second kappa shape index (κ2) is 6.44. The van der Waals surface area contributed by atoms with Crippen LogP contribution in [0.25, 0.3) is 0 Å². The van der Waals surface area contributed by atoms with E-state index in [1.807, 2.05) is 30.3 Å². The van der Waals surface area contributed by atoms with Gasteiger partial charge in [-0.05, 0) is 32.8 Å². The van der Waals surface area contributed by atoms with E-state index in [2.05, 4.69) is 25.7 Å². The summed E-state index contributed by atoms with van der Waals surface area (Å²) in [6, 6.07) is 9.87. The highest BCUT2D eigenvalue weighted by atomic mass is 16.5. The second-order valence-electron chi connectivity index (χ2n) is 6.85. The molecule has 2 unspecified atom stereocenters. The monoisotopic (exact) mass is 292 g/mol. The third-order valence-electron chi connectivity index (χ3n) is 4.14. The lowest BCUT2D eigenvalue weighted by molar-refractivity contribution is -0.129. The van der Waals surface area contributed by atoms with Gasteiger partial charge in [0.25, 0.3) is 0 Å². The van der Waals surface area contributed by atoms with Gasteiger partial charge in [0.2, 0.25) is 0 Å². The van der Waals surface area contributed by atoms with Gasteiger partial charge in [-0.15, -0.1) is 0 Å². The molecule has 3 N–H and O–H groups in total. The zero-order valence-electron chi connectivity index (χ0n) is 13.4. The fourth-order valence-electron chi connectivity index (χ4n) is 3.20. The third-order valence-corrected chi connectivity index (χ3v) is 4.14. The zero-order valence-corrected chi connectivity index (χ0v) is 13.4. The van der Waals surface area contributed by atoms with Crippen molar-refractivity contribution in [3.63, 3.8) is 0 Å². The van der Waals surface area contributed by atoms with E-state index in [9.17, 15) is 5.11 Å². The van der Waals surface area contributed by atoms with E-state index < -0.39 is 5.54 Å². The van der Waals surface area contributed by atoms with E-state index in [0.29, 0.717) is 0 Å². The van der Waals surface area contributed by atoms with Gasteiger partial charge in [-0.2, -0.15) is 0 Å². The van der Waals surface area contributed by atoms with Crippen molar-refractivity contribution in [2.24, 2.45) is 5.73 Å². The Morgan fingerprint density at radius 1 is 1.38 bits per heavy atom. The van der Waals surface area contributed by atoms with E-state index >= 15 is 0 Å². The van der Waals surface area contributed by atoms with Gasteiger partial charge in [0.15, 0.2) is 0 Å². The van der Waals surface area contributed by atoms with Gasteiger partial charge in [0, 0.05) is 19.6 Å². The van der Waals surface area contributed by atoms with Crippen LogP contribution < -0.4 is 5.73 Å². The first-order chi connectivity index (χ1) is 9.85. The number of morpholine rings is 1. The molecule has 1 aliphatic rings. The Bertz CT molecular complexity index is 449. The minimum atomic E-state index is -0.674. The van der Waals surface area contributed by atoms with Crippen molar-refractivity contribution in [2.75, 3.05) is 26.2 Å². The molecule has 2 rings (SSSR count). The molecule has 1 aromatic rings. The molecule has 1 aromatic carbocycles. The van der Waals surface area contributed by atoms with Crippen molar-refractivity contribution in [1.29, 1.82) is 0 Å². The summed E-state index contributed by atoms with van der Waals surface area (Å²) in [5.74, 6) is 0. The number of nitrogens with zero attached hydrogens (tertiary/aromatic N) is 1. The Kier molecular flexibility index (Phi) is 5.04. The molecular formula is C17H28N2O2. The maximum absolute atomic E-state index is 9.75. The average molecular weight is 292 g/mol. The Hall–Kier alpha value is -0.940. The summed E-state index contributed by atoms with van der Waals surface area (Å²) in [5.41, 5.74) is 6.63. The summed E-state index contributed by atoms with van der Waals surface area (Å²) < 4.78 is 5.92. The Morgan fingerprint density at radius 2 is 2.05 bits per heavy atom. The van der Waals surface area contributed by atoms with Crippen molar-refractivity contribution in [3.8, 4) is 0 Å². The van der Waals surface area contributed by atoms with Gasteiger partial charge in [0.1, 0.15) is 0 Å². The van der Waals surface area contributed by atoms with Gasteiger partial charge in [-0.25, -0.2) is 0 Å². The van der Waals surface area contributed by atoms with Crippen LogP contribution in [0.15, 0.2) is 30.3 Å². The van der Waals surface area contributed by atoms with E-state index in [1.54, 1.807) is 0 Å². The van der Waals surface area contributed by atoms with Crippen molar-refractivity contribution in [2.45, 2.75) is 44.4 Å². The number of hydrogen-bond donors (Lipinski definition) is 2. The van der Waals surface area contributed by atoms with Crippen molar-refractivity contribution in [3.05, 3.63) is 35.9 Å². The van der Waals surface area contributed by atoms with Crippen LogP contribution in [0.2, 0.25) is 0 Å². The first-order valence-electron chi connectivity index (χ1n) is 7.70. The highest BCUT2D eigenvalue weighted by Gasteiger charge is 2.33. The van der Waals surface area contributed by atoms with Crippen molar-refractivity contribution < 1.29 is 9.84 Å². The molecule has 1 heterocycles. The van der Waals surface area contributed by atoms with Crippen molar-refractivity contribution >= 4 is 0 Å². The topological polar surface area (TPSA) is 58.7 Å². The average Bonchev–Trinajstić information content (AvgIpc) is 2.44. The lowest BCUT2D eigenvalue weighted by Crippen LogP contribution is -2.53. The van der Waals surface area contributed by atoms with Gasteiger partial charge in [-0.3, -0.25) is 4.90 Å². The molecule has 1 fully saturated rings. The number of hydrogen-bond acceptors (Lipinski definition) is 4. The normalized spacial score (nSPS) is 25.5. The van der Waals surface area contributed by atoms with Gasteiger partial charge >= 0.3 is 0 Å². The summed E-state index contributed by atoms with van der Waals surface area (Å²) in [6.45, 7) is 8.98. The van der Waals surface area contributed by atoms with E-state index in [-0.39, 0.29) is 18.3 Å². The number of aliphatic hydroxyl groups excluding tert-OH is 1. The Labute approximate surface area is 127 Å². The third kappa shape index (κ3) is 4.27. The highest BCUT2D eigenvalue weighted by molar-refractivity contribution is 5.24. The summed E-state index contributed by atoms with van der Waals surface area (Å²) >= 11 is 0. The predicted molar refractivity (Wildman–Crippen MR) is 85.1 cm³/mol. The fraction of sp³-hybridized carbons (Fsp3) is 0.647. The van der Waals surface area contributed by atoms with E-state index in [0.717, 1.165) is 31.6 Å². The quantitative estimate of drug-likeness (QED) is 0.867. The first kappa shape index (κ1) is 16.4. The molecule has 2 atom stereocenters. The Balaban J connectivity index is 2.00. The summed E-state index contributed by atoms with van der Waals surface area (Å²) in [4.78, 5) is 2.38. The molecule has 1 saturated heterocycles. The molecule has 21 heavy (non-hydrogen) atoms. The first-order valence-corrected chi connectivity index (χ1v) is 7.70. The summed E-state index contributed by atoms with van der Waals surface area (Å²) in [7, 11) is 0. The van der Waals surface area contributed by atoms with Crippen LogP contribution in [0.5, 0.6) is 0 Å². The van der Waals surface area contributed by atoms with Crippen LogP contribution in [-0.4, -0.2) is 48.0 Å². The minimum absolute atomic E-state index is 0.0414. The maximum Gasteiger partial charge on any atom is 0.0757 e. The molecule has 4 nitrogen and oxygen atoms in total. The van der Waals surface area contributed by atoms with Gasteiger partial charge in [0.05, 0.1) is 23.9 Å². The molecule has 0 aliphatic carbocycles. The van der Waals surface area contributed by atoms with Crippen molar-refractivity contribution in [1.82, 2.24) is 4.90 Å². The molecule has 0 radical (unpaired) electrons. The number of aliphatic hydroxyl groups is 1. The molecule has 0 aromatic heterocycles. The second-order valence-corrected chi connectivity index (χ2v) is 6.85. The van der Waals surface area contributed by atoms with E-state index in [1.165, 1.54) is 0 Å². The molecule has 4 heteroatoms. The summed E-state index contributed by atoms with van der Waals surface area (Å²) in [5, 5.41) is 9.75. The van der Waals surface area contributed by atoms with Crippen LogP contribution in [-0.2, 0) is 10.3 Å². The molecule has 0 amide bonds. The molecule has 0 spiro atoms. The predicted octanol–water partition coefficient (Wildman–Crippen LogP) is 1.72. The number of benzene rings is 1. The SMILES string of the molecule is CC1CN(CCC(N)(CO)c2ccccc2)CC(C)(C)O1. The molecule has 118 valence electrons. The van der Waals surface area contributed by atoms with Crippen LogP contribution in [0.3, 0.4) is 0 Å². The smallest absolute Gasteiger partial charge is 0.0757 e.